The Morgan fingerprint density at radius 2 is 1.80 bits per heavy atom. The average Bonchev–Trinajstić information content (AvgIpc) is 2.76. The summed E-state index contributed by atoms with van der Waals surface area (Å²) in [7, 11) is 0. The molecule has 4 heteroatoms. The molecule has 0 saturated heterocycles. The number of Topliss-reactive ketones (excluding diaryl/α,β-unsaturated/α-hetero) is 1. The number of phenolic OH excluding ortho intramolecular Hbond substituents is 1. The van der Waals surface area contributed by atoms with E-state index in [1.54, 1.807) is 42.5 Å². The van der Waals surface area contributed by atoms with Crippen LogP contribution in [0.1, 0.15) is 38.8 Å². The maximum atomic E-state index is 12.2. The van der Waals surface area contributed by atoms with Crippen molar-refractivity contribution in [1.29, 1.82) is 0 Å². The van der Waals surface area contributed by atoms with E-state index in [1.165, 1.54) is 6.07 Å². The number of cyclic esters (lactones) is 1. The van der Waals surface area contributed by atoms with Crippen LogP contribution in [0, 0.1) is 0 Å². The molecule has 20 heavy (non-hydrogen) atoms. The van der Waals surface area contributed by atoms with E-state index >= 15 is 0 Å². The lowest BCUT2D eigenvalue weighted by Crippen LogP contribution is -2.07. The summed E-state index contributed by atoms with van der Waals surface area (Å²) in [6.07, 6.45) is -0.550. The maximum Gasteiger partial charge on any atom is 0.339 e. The van der Waals surface area contributed by atoms with Crippen molar-refractivity contribution in [2.45, 2.75) is 12.5 Å². The summed E-state index contributed by atoms with van der Waals surface area (Å²) in [4.78, 5) is 23.9. The topological polar surface area (TPSA) is 63.6 Å². The third-order valence-corrected chi connectivity index (χ3v) is 3.35. The Kier molecular flexibility index (Phi) is 2.99. The second kappa shape index (κ2) is 4.81. The first-order valence-electron chi connectivity index (χ1n) is 6.28. The quantitative estimate of drug-likeness (QED) is 0.686. The number of esters is 1. The number of hydrogen-bond acceptors (Lipinski definition) is 4. The van der Waals surface area contributed by atoms with Crippen molar-refractivity contribution in [1.82, 2.24) is 0 Å². The van der Waals surface area contributed by atoms with Gasteiger partial charge in [-0.3, -0.25) is 4.79 Å². The lowest BCUT2D eigenvalue weighted by atomic mass is 9.98. The first-order valence-corrected chi connectivity index (χ1v) is 6.28. The molecular formula is C16H12O4. The van der Waals surface area contributed by atoms with Crippen LogP contribution < -0.4 is 0 Å². The molecule has 0 aliphatic carbocycles. The summed E-state index contributed by atoms with van der Waals surface area (Å²) in [6.45, 7) is 0. The molecule has 2 aromatic carbocycles. The Bertz CT molecular complexity index is 690. The highest BCUT2D eigenvalue weighted by Gasteiger charge is 2.32. The van der Waals surface area contributed by atoms with Gasteiger partial charge in [-0.1, -0.05) is 30.3 Å². The lowest BCUT2D eigenvalue weighted by molar-refractivity contribution is 0.0367. The number of fused-ring (bicyclic) bond motifs is 1. The Balaban J connectivity index is 1.85. The smallest absolute Gasteiger partial charge is 0.339 e. The highest BCUT2D eigenvalue weighted by molar-refractivity contribution is 6.00. The van der Waals surface area contributed by atoms with Gasteiger partial charge in [0.25, 0.3) is 0 Å². The first kappa shape index (κ1) is 12.4. The van der Waals surface area contributed by atoms with E-state index in [4.69, 9.17) is 4.74 Å². The molecule has 100 valence electrons. The standard InChI is InChI=1S/C16H12O4/c17-13-8-4-3-7-12(13)14(18)9-15-10-5-1-2-6-11(10)16(19)20-15/h1-8,15,17H,9H2/t15-/m0/s1. The Labute approximate surface area is 115 Å². The summed E-state index contributed by atoms with van der Waals surface area (Å²) in [5.74, 6) is -0.719. The molecule has 1 aliphatic heterocycles. The van der Waals surface area contributed by atoms with E-state index in [-0.39, 0.29) is 23.5 Å². The fourth-order valence-corrected chi connectivity index (χ4v) is 2.36. The number of para-hydroxylation sites is 1. The molecule has 0 spiro atoms. The van der Waals surface area contributed by atoms with Gasteiger partial charge in [0.2, 0.25) is 0 Å². The molecule has 0 saturated carbocycles. The van der Waals surface area contributed by atoms with Crippen molar-refractivity contribution in [2.24, 2.45) is 0 Å². The molecule has 3 rings (SSSR count). The van der Waals surface area contributed by atoms with Crippen LogP contribution >= 0.6 is 0 Å². The largest absolute Gasteiger partial charge is 0.507 e. The van der Waals surface area contributed by atoms with Gasteiger partial charge in [0.05, 0.1) is 17.5 Å². The van der Waals surface area contributed by atoms with Gasteiger partial charge in [-0.2, -0.15) is 0 Å². The molecule has 1 heterocycles. The summed E-state index contributed by atoms with van der Waals surface area (Å²) >= 11 is 0. The molecule has 1 N–H and O–H groups in total. The molecule has 4 nitrogen and oxygen atoms in total. The summed E-state index contributed by atoms with van der Waals surface area (Å²) in [6, 6.07) is 13.4. The van der Waals surface area contributed by atoms with Gasteiger partial charge >= 0.3 is 5.97 Å². The Morgan fingerprint density at radius 1 is 1.10 bits per heavy atom. The van der Waals surface area contributed by atoms with E-state index in [9.17, 15) is 14.7 Å². The molecule has 0 unspecified atom stereocenters. The molecule has 1 atom stereocenters. The van der Waals surface area contributed by atoms with Crippen molar-refractivity contribution < 1.29 is 19.4 Å². The lowest BCUT2D eigenvalue weighted by Gasteiger charge is -2.10. The van der Waals surface area contributed by atoms with Crippen LogP contribution in [0.2, 0.25) is 0 Å². The number of hydrogen-bond donors (Lipinski definition) is 1. The highest BCUT2D eigenvalue weighted by Crippen LogP contribution is 2.34. The van der Waals surface area contributed by atoms with Crippen LogP contribution in [0.15, 0.2) is 48.5 Å². The number of rotatable bonds is 3. The van der Waals surface area contributed by atoms with Crippen molar-refractivity contribution in [3.05, 3.63) is 65.2 Å². The van der Waals surface area contributed by atoms with Crippen LogP contribution in [0.5, 0.6) is 5.75 Å². The minimum Gasteiger partial charge on any atom is -0.507 e. The van der Waals surface area contributed by atoms with Crippen LogP contribution in [0.3, 0.4) is 0 Å². The highest BCUT2D eigenvalue weighted by atomic mass is 16.5. The van der Waals surface area contributed by atoms with Gasteiger partial charge in [-0.05, 0) is 18.2 Å². The fraction of sp³-hybridized carbons (Fsp3) is 0.125. The van der Waals surface area contributed by atoms with Gasteiger partial charge in [0, 0.05) is 5.56 Å². The number of ether oxygens (including phenoxy) is 1. The van der Waals surface area contributed by atoms with E-state index in [1.807, 2.05) is 0 Å². The molecule has 0 amide bonds. The number of carbonyl (C=O) groups is 2. The number of phenols is 1. The molecule has 0 aromatic heterocycles. The number of benzene rings is 2. The zero-order chi connectivity index (χ0) is 14.1. The van der Waals surface area contributed by atoms with E-state index in [0.717, 1.165) is 5.56 Å². The Hall–Kier alpha value is -2.62. The van der Waals surface area contributed by atoms with E-state index < -0.39 is 12.1 Å². The zero-order valence-corrected chi connectivity index (χ0v) is 10.6. The normalized spacial score (nSPS) is 16.6. The summed E-state index contributed by atoms with van der Waals surface area (Å²) < 4.78 is 5.22. The Morgan fingerprint density at radius 3 is 2.60 bits per heavy atom. The first-order chi connectivity index (χ1) is 9.66. The number of carbonyl (C=O) groups excluding carboxylic acids is 2. The molecular weight excluding hydrogens is 256 g/mol. The zero-order valence-electron chi connectivity index (χ0n) is 10.6. The maximum absolute atomic E-state index is 12.2. The van der Waals surface area contributed by atoms with Gasteiger partial charge in [-0.25, -0.2) is 4.79 Å². The van der Waals surface area contributed by atoms with Crippen LogP contribution in [-0.4, -0.2) is 16.9 Å². The van der Waals surface area contributed by atoms with Gasteiger partial charge < -0.3 is 9.84 Å². The van der Waals surface area contributed by atoms with Crippen LogP contribution in [0.4, 0.5) is 0 Å². The molecule has 0 bridgehead atoms. The summed E-state index contributed by atoms with van der Waals surface area (Å²) in [5, 5.41) is 9.67. The predicted octanol–water partition coefficient (Wildman–Crippen LogP) is 2.88. The minimum atomic E-state index is -0.578. The van der Waals surface area contributed by atoms with Gasteiger partial charge in [0.15, 0.2) is 5.78 Å². The minimum absolute atomic E-state index is 0.0281. The predicted molar refractivity (Wildman–Crippen MR) is 71.7 cm³/mol. The number of aromatic hydroxyl groups is 1. The third kappa shape index (κ3) is 2.05. The monoisotopic (exact) mass is 268 g/mol. The van der Waals surface area contributed by atoms with Gasteiger partial charge in [0.1, 0.15) is 11.9 Å². The molecule has 1 aliphatic rings. The van der Waals surface area contributed by atoms with Crippen LogP contribution in [-0.2, 0) is 4.74 Å². The third-order valence-electron chi connectivity index (χ3n) is 3.35. The fourth-order valence-electron chi connectivity index (χ4n) is 2.36. The molecule has 2 aromatic rings. The average molecular weight is 268 g/mol. The van der Waals surface area contributed by atoms with E-state index in [2.05, 4.69) is 0 Å². The SMILES string of the molecule is O=C(C[C@@H]1OC(=O)c2ccccc21)c1ccccc1O. The van der Waals surface area contributed by atoms with Crippen molar-refractivity contribution in [3.63, 3.8) is 0 Å². The van der Waals surface area contributed by atoms with E-state index in [0.29, 0.717) is 5.56 Å². The second-order valence-corrected chi connectivity index (χ2v) is 4.63. The van der Waals surface area contributed by atoms with Crippen molar-refractivity contribution >= 4 is 11.8 Å². The number of ketones is 1. The van der Waals surface area contributed by atoms with Gasteiger partial charge in [-0.15, -0.1) is 0 Å². The molecule has 0 radical (unpaired) electrons. The second-order valence-electron chi connectivity index (χ2n) is 4.63. The van der Waals surface area contributed by atoms with Crippen LogP contribution in [0.25, 0.3) is 0 Å². The summed E-state index contributed by atoms with van der Waals surface area (Å²) in [5.41, 5.74) is 1.47. The van der Waals surface area contributed by atoms with Crippen molar-refractivity contribution in [2.75, 3.05) is 0 Å². The molecule has 0 fully saturated rings. The van der Waals surface area contributed by atoms with Crippen molar-refractivity contribution in [3.8, 4) is 5.75 Å².